The largest absolute Gasteiger partial charge is 0.463 e. The highest BCUT2D eigenvalue weighted by Crippen LogP contribution is 2.37. The Kier molecular flexibility index (Phi) is 3.43. The van der Waals surface area contributed by atoms with Gasteiger partial charge in [0.2, 0.25) is 5.95 Å². The van der Waals surface area contributed by atoms with Crippen molar-refractivity contribution in [3.05, 3.63) is 48.2 Å². The number of furan rings is 1. The zero-order valence-corrected chi connectivity index (χ0v) is 13.3. The van der Waals surface area contributed by atoms with Gasteiger partial charge in [0.1, 0.15) is 17.7 Å². The third kappa shape index (κ3) is 2.55. The molecule has 10 heteroatoms. The van der Waals surface area contributed by atoms with Crippen molar-refractivity contribution in [2.75, 3.05) is 5.73 Å². The van der Waals surface area contributed by atoms with Crippen LogP contribution in [0.25, 0.3) is 28.2 Å². The van der Waals surface area contributed by atoms with Crippen molar-refractivity contribution < 1.29 is 17.6 Å². The van der Waals surface area contributed by atoms with Crippen molar-refractivity contribution in [2.24, 2.45) is 0 Å². The molecule has 0 saturated carbocycles. The lowest BCUT2D eigenvalue weighted by Gasteiger charge is -2.13. The Morgan fingerprint density at radius 3 is 2.69 bits per heavy atom. The van der Waals surface area contributed by atoms with E-state index in [0.717, 1.165) is 6.07 Å². The number of hydrogen-bond donors (Lipinski definition) is 1. The average molecular weight is 360 g/mol. The van der Waals surface area contributed by atoms with Crippen molar-refractivity contribution in [1.82, 2.24) is 24.6 Å². The molecule has 132 valence electrons. The predicted molar refractivity (Wildman–Crippen MR) is 85.9 cm³/mol. The summed E-state index contributed by atoms with van der Waals surface area (Å²) in [6.07, 6.45) is -1.90. The van der Waals surface area contributed by atoms with Crippen molar-refractivity contribution in [1.29, 1.82) is 0 Å². The minimum absolute atomic E-state index is 0.0365. The fourth-order valence-corrected chi connectivity index (χ4v) is 2.72. The molecule has 0 bridgehead atoms. The summed E-state index contributed by atoms with van der Waals surface area (Å²) in [5.74, 6) is 0.384. The number of alkyl halides is 3. The summed E-state index contributed by atoms with van der Waals surface area (Å²) in [4.78, 5) is 12.0. The summed E-state index contributed by atoms with van der Waals surface area (Å²) in [6, 6.07) is 5.74. The van der Waals surface area contributed by atoms with Gasteiger partial charge < -0.3 is 10.2 Å². The fourth-order valence-electron chi connectivity index (χ4n) is 2.72. The van der Waals surface area contributed by atoms with E-state index in [1.807, 2.05) is 0 Å². The van der Waals surface area contributed by atoms with Crippen molar-refractivity contribution in [2.45, 2.75) is 13.1 Å². The molecule has 0 aliphatic rings. The molecule has 4 aromatic rings. The normalized spacial score (nSPS) is 12.0. The highest BCUT2D eigenvalue weighted by atomic mass is 19.4. The van der Waals surface area contributed by atoms with Gasteiger partial charge >= 0.3 is 6.18 Å². The number of hydrogen-bond acceptors (Lipinski definition) is 6. The average Bonchev–Trinajstić information content (AvgIpc) is 3.25. The first kappa shape index (κ1) is 16.1. The van der Waals surface area contributed by atoms with Gasteiger partial charge in [-0.05, 0) is 36.8 Å². The van der Waals surface area contributed by atoms with Gasteiger partial charge in [0, 0.05) is 5.69 Å². The molecular weight excluding hydrogens is 349 g/mol. The lowest BCUT2D eigenvalue weighted by atomic mass is 10.0. The Morgan fingerprint density at radius 2 is 2.00 bits per heavy atom. The van der Waals surface area contributed by atoms with Crippen LogP contribution in [0.4, 0.5) is 19.1 Å². The van der Waals surface area contributed by atoms with Crippen LogP contribution < -0.4 is 5.73 Å². The number of pyridine rings is 1. The molecule has 4 aromatic heterocycles. The highest BCUT2D eigenvalue weighted by Gasteiger charge is 2.33. The molecule has 0 aliphatic carbocycles. The van der Waals surface area contributed by atoms with Gasteiger partial charge in [-0.1, -0.05) is 0 Å². The van der Waals surface area contributed by atoms with E-state index in [9.17, 15) is 13.2 Å². The van der Waals surface area contributed by atoms with Crippen LogP contribution in [0.3, 0.4) is 0 Å². The number of fused-ring (bicyclic) bond motifs is 1. The number of aryl methyl sites for hydroxylation is 1. The third-order valence-electron chi connectivity index (χ3n) is 3.74. The predicted octanol–water partition coefficient (Wildman–Crippen LogP) is 3.36. The molecule has 0 aliphatic heterocycles. The standard InChI is InChI=1S/C16H11F3N6O/c1-8-5-9(6-11(23-8)16(17,18)19)12-13(10-3-2-4-26-10)24-15(20)25-14(12)21-7-22-25/h2-7H,1H3,(H2,20,24). The van der Waals surface area contributed by atoms with Gasteiger partial charge in [-0.25, -0.2) is 15.0 Å². The molecule has 0 spiro atoms. The van der Waals surface area contributed by atoms with Crippen LogP contribution in [0.1, 0.15) is 11.4 Å². The molecular formula is C16H11F3N6O. The molecule has 0 radical (unpaired) electrons. The van der Waals surface area contributed by atoms with Gasteiger partial charge in [-0.15, -0.1) is 0 Å². The molecule has 0 aromatic carbocycles. The molecule has 4 heterocycles. The maximum absolute atomic E-state index is 13.2. The molecule has 7 nitrogen and oxygen atoms in total. The van der Waals surface area contributed by atoms with Crippen LogP contribution in [-0.4, -0.2) is 24.6 Å². The molecule has 0 unspecified atom stereocenters. The Morgan fingerprint density at radius 1 is 1.19 bits per heavy atom. The minimum atomic E-state index is -4.59. The van der Waals surface area contributed by atoms with Crippen molar-refractivity contribution in [3.8, 4) is 22.6 Å². The molecule has 2 N–H and O–H groups in total. The van der Waals surface area contributed by atoms with Gasteiger partial charge in [-0.3, -0.25) is 0 Å². The Bertz CT molecular complexity index is 1100. The van der Waals surface area contributed by atoms with Crippen LogP contribution in [-0.2, 0) is 6.18 Å². The highest BCUT2D eigenvalue weighted by molar-refractivity contribution is 5.89. The summed E-state index contributed by atoms with van der Waals surface area (Å²) in [7, 11) is 0. The zero-order valence-electron chi connectivity index (χ0n) is 13.3. The molecule has 4 rings (SSSR count). The van der Waals surface area contributed by atoms with E-state index >= 15 is 0 Å². The second kappa shape index (κ2) is 5.55. The van der Waals surface area contributed by atoms with E-state index in [-0.39, 0.29) is 28.5 Å². The number of nitrogen functional groups attached to an aromatic ring is 1. The van der Waals surface area contributed by atoms with E-state index in [2.05, 4.69) is 20.1 Å². The maximum atomic E-state index is 13.2. The van der Waals surface area contributed by atoms with Crippen molar-refractivity contribution >= 4 is 11.6 Å². The first-order valence-electron chi connectivity index (χ1n) is 7.44. The third-order valence-corrected chi connectivity index (χ3v) is 3.74. The van der Waals surface area contributed by atoms with Gasteiger partial charge in [0.05, 0.1) is 11.8 Å². The number of nitrogens with two attached hydrogens (primary N) is 1. The fraction of sp³-hybridized carbons (Fsp3) is 0.125. The summed E-state index contributed by atoms with van der Waals surface area (Å²) >= 11 is 0. The second-order valence-corrected chi connectivity index (χ2v) is 5.55. The first-order chi connectivity index (χ1) is 12.3. The monoisotopic (exact) mass is 360 g/mol. The Labute approximate surface area is 144 Å². The summed E-state index contributed by atoms with van der Waals surface area (Å²) < 4.78 is 46.2. The molecule has 0 saturated heterocycles. The number of rotatable bonds is 2. The smallest absolute Gasteiger partial charge is 0.433 e. The minimum Gasteiger partial charge on any atom is -0.463 e. The maximum Gasteiger partial charge on any atom is 0.433 e. The lowest BCUT2D eigenvalue weighted by molar-refractivity contribution is -0.141. The van der Waals surface area contributed by atoms with Crippen molar-refractivity contribution in [3.63, 3.8) is 0 Å². The van der Waals surface area contributed by atoms with Crippen LogP contribution in [0.2, 0.25) is 0 Å². The topological polar surface area (TPSA) is 95.1 Å². The van der Waals surface area contributed by atoms with E-state index in [1.54, 1.807) is 12.1 Å². The molecule has 26 heavy (non-hydrogen) atoms. The molecule has 0 amide bonds. The van der Waals surface area contributed by atoms with E-state index in [0.29, 0.717) is 11.3 Å². The zero-order chi connectivity index (χ0) is 18.5. The number of aromatic nitrogens is 5. The van der Waals surface area contributed by atoms with E-state index in [1.165, 1.54) is 30.1 Å². The quantitative estimate of drug-likeness (QED) is 0.589. The molecule has 0 atom stereocenters. The van der Waals surface area contributed by atoms with Crippen LogP contribution in [0.5, 0.6) is 0 Å². The van der Waals surface area contributed by atoms with Crippen LogP contribution in [0.15, 0.2) is 41.3 Å². The van der Waals surface area contributed by atoms with Gasteiger partial charge in [0.25, 0.3) is 0 Å². The Balaban J connectivity index is 2.09. The summed E-state index contributed by atoms with van der Waals surface area (Å²) in [5.41, 5.74) is 6.19. The van der Waals surface area contributed by atoms with Gasteiger partial charge in [-0.2, -0.15) is 22.8 Å². The number of anilines is 1. The first-order valence-corrected chi connectivity index (χ1v) is 7.44. The van der Waals surface area contributed by atoms with E-state index in [4.69, 9.17) is 10.2 Å². The Hall–Kier alpha value is -3.43. The second-order valence-electron chi connectivity index (χ2n) is 5.55. The number of nitrogens with zero attached hydrogens (tertiary/aromatic N) is 5. The molecule has 0 fully saturated rings. The van der Waals surface area contributed by atoms with Crippen LogP contribution in [0, 0.1) is 6.92 Å². The van der Waals surface area contributed by atoms with Gasteiger partial charge in [0.15, 0.2) is 11.4 Å². The summed E-state index contributed by atoms with van der Waals surface area (Å²) in [6.45, 7) is 1.48. The lowest BCUT2D eigenvalue weighted by Crippen LogP contribution is -2.10. The van der Waals surface area contributed by atoms with E-state index < -0.39 is 11.9 Å². The SMILES string of the molecule is Cc1cc(-c2c(-c3ccco3)nc(N)n3ncnc23)cc(C(F)(F)F)n1. The number of halogens is 3. The summed E-state index contributed by atoms with van der Waals surface area (Å²) in [5, 5.41) is 3.97. The van der Waals surface area contributed by atoms with Crippen LogP contribution >= 0.6 is 0 Å².